The van der Waals surface area contributed by atoms with Gasteiger partial charge in [0.2, 0.25) is 5.78 Å². The lowest BCUT2D eigenvalue weighted by Gasteiger charge is -2.14. The number of nitrogens with zero attached hydrogens (tertiary/aromatic N) is 2. The van der Waals surface area contributed by atoms with Crippen LogP contribution in [0.3, 0.4) is 0 Å². The van der Waals surface area contributed by atoms with Gasteiger partial charge >= 0.3 is 11.7 Å². The summed E-state index contributed by atoms with van der Waals surface area (Å²) in [6, 6.07) is 13.7. The number of methoxy groups -OCH3 is 1. The zero-order valence-electron chi connectivity index (χ0n) is 18.8. The number of carbonyl (C=O) groups is 2. The van der Waals surface area contributed by atoms with E-state index in [0.717, 1.165) is 14.7 Å². The van der Waals surface area contributed by atoms with Crippen molar-refractivity contribution in [3.8, 4) is 11.5 Å². The Hall–Kier alpha value is -4.34. The van der Waals surface area contributed by atoms with Crippen LogP contribution in [-0.4, -0.2) is 39.7 Å². The third-order valence-corrected chi connectivity index (χ3v) is 5.27. The van der Waals surface area contributed by atoms with Crippen LogP contribution in [0.5, 0.6) is 11.5 Å². The second kappa shape index (κ2) is 10.5. The van der Waals surface area contributed by atoms with E-state index >= 15 is 0 Å². The monoisotopic (exact) mass is 467 g/mol. The molecule has 3 N–H and O–H groups in total. The van der Waals surface area contributed by atoms with E-state index in [1.165, 1.54) is 20.2 Å². The fourth-order valence-electron chi connectivity index (χ4n) is 3.39. The summed E-state index contributed by atoms with van der Waals surface area (Å²) in [6.45, 7) is -0.635. The number of esters is 1. The molecule has 2 aromatic carbocycles. The summed E-state index contributed by atoms with van der Waals surface area (Å²) in [4.78, 5) is 50.0. The molecular weight excluding hydrogens is 442 g/mol. The zero-order chi connectivity index (χ0) is 24.8. The van der Waals surface area contributed by atoms with E-state index in [2.05, 4.69) is 0 Å². The number of aromatic hydroxyl groups is 1. The molecular formula is C24H25N3O7. The second-order valence-corrected chi connectivity index (χ2v) is 7.57. The van der Waals surface area contributed by atoms with E-state index in [0.29, 0.717) is 11.3 Å². The summed E-state index contributed by atoms with van der Waals surface area (Å²) in [5, 5.41) is 9.81. The fourth-order valence-corrected chi connectivity index (χ4v) is 3.39. The lowest BCUT2D eigenvalue weighted by molar-refractivity contribution is -0.142. The third kappa shape index (κ3) is 5.34. The topological polar surface area (TPSA) is 143 Å². The van der Waals surface area contributed by atoms with Gasteiger partial charge in [-0.3, -0.25) is 23.5 Å². The molecule has 10 nitrogen and oxygen atoms in total. The number of nitrogen functional groups attached to an aromatic ring is 1. The van der Waals surface area contributed by atoms with Crippen LogP contribution in [-0.2, 0) is 29.5 Å². The average molecular weight is 467 g/mol. The molecule has 178 valence electrons. The maximum absolute atomic E-state index is 12.7. The van der Waals surface area contributed by atoms with Gasteiger partial charge in [0.05, 0.1) is 13.7 Å². The summed E-state index contributed by atoms with van der Waals surface area (Å²) >= 11 is 0. The number of Topliss-reactive ketones (excluding diaryl/α,β-unsaturated/α-hetero) is 1. The van der Waals surface area contributed by atoms with Gasteiger partial charge in [-0.2, -0.15) is 0 Å². The standard InChI is InChI=1S/C24H25N3O7/c1-26-23(31)21(22(25)27(24(26)32)13-16-6-4-3-5-7-16)18(29)14-34-20(30)11-9-15-8-10-19(33-2)17(28)12-15/h3-8,10,12,28H,9,11,13-14,25H2,1-2H3. The van der Waals surface area contributed by atoms with Gasteiger partial charge in [0, 0.05) is 13.5 Å². The number of rotatable bonds is 9. The van der Waals surface area contributed by atoms with Gasteiger partial charge in [-0.1, -0.05) is 36.4 Å². The van der Waals surface area contributed by atoms with E-state index in [-0.39, 0.29) is 31.0 Å². The van der Waals surface area contributed by atoms with Crippen LogP contribution in [0, 0.1) is 0 Å². The highest BCUT2D eigenvalue weighted by Crippen LogP contribution is 2.26. The predicted octanol–water partition coefficient (Wildman–Crippen LogP) is 1.25. The molecule has 0 saturated heterocycles. The molecule has 0 aliphatic rings. The lowest BCUT2D eigenvalue weighted by Crippen LogP contribution is -2.43. The minimum absolute atomic E-state index is 0.0551. The normalized spacial score (nSPS) is 10.6. The number of phenolic OH excluding ortho intramolecular Hbond substituents is 1. The maximum atomic E-state index is 12.7. The molecule has 3 aromatic rings. The number of aromatic nitrogens is 2. The van der Waals surface area contributed by atoms with Gasteiger partial charge in [0.15, 0.2) is 18.1 Å². The number of nitrogens with two attached hydrogens (primary N) is 1. The Morgan fingerprint density at radius 1 is 1.06 bits per heavy atom. The molecule has 0 aliphatic heterocycles. The van der Waals surface area contributed by atoms with E-state index < -0.39 is 35.2 Å². The molecule has 3 rings (SSSR count). The molecule has 1 heterocycles. The molecule has 10 heteroatoms. The van der Waals surface area contributed by atoms with Crippen molar-refractivity contribution in [2.45, 2.75) is 19.4 Å². The van der Waals surface area contributed by atoms with Gasteiger partial charge in [-0.05, 0) is 29.7 Å². The molecule has 0 spiro atoms. The summed E-state index contributed by atoms with van der Waals surface area (Å²) in [5.74, 6) is -1.51. The van der Waals surface area contributed by atoms with Crippen molar-refractivity contribution in [3.05, 3.63) is 86.1 Å². The third-order valence-electron chi connectivity index (χ3n) is 5.27. The highest BCUT2D eigenvalue weighted by Gasteiger charge is 2.22. The van der Waals surface area contributed by atoms with Gasteiger partial charge in [-0.25, -0.2) is 4.79 Å². The molecule has 0 saturated carbocycles. The Labute approximate surface area is 194 Å². The Bertz CT molecular complexity index is 1330. The highest BCUT2D eigenvalue weighted by atomic mass is 16.5. The van der Waals surface area contributed by atoms with E-state index in [9.17, 15) is 24.3 Å². The average Bonchev–Trinajstić information content (AvgIpc) is 2.83. The molecule has 0 radical (unpaired) electrons. The van der Waals surface area contributed by atoms with Gasteiger partial charge in [0.25, 0.3) is 5.56 Å². The second-order valence-electron chi connectivity index (χ2n) is 7.57. The van der Waals surface area contributed by atoms with Crippen LogP contribution in [0.4, 0.5) is 5.82 Å². The van der Waals surface area contributed by atoms with Crippen molar-refractivity contribution < 1.29 is 24.2 Å². The number of carbonyl (C=O) groups excluding carboxylic acids is 2. The van der Waals surface area contributed by atoms with E-state index in [4.69, 9.17) is 15.2 Å². The highest BCUT2D eigenvalue weighted by molar-refractivity contribution is 6.01. The number of phenols is 1. The first-order chi connectivity index (χ1) is 16.2. The van der Waals surface area contributed by atoms with Gasteiger partial charge in [0.1, 0.15) is 11.4 Å². The number of anilines is 1. The molecule has 1 aromatic heterocycles. The summed E-state index contributed by atoms with van der Waals surface area (Å²) in [7, 11) is 2.68. The van der Waals surface area contributed by atoms with Crippen LogP contribution in [0.2, 0.25) is 0 Å². The molecule has 0 bridgehead atoms. The Morgan fingerprint density at radius 2 is 1.76 bits per heavy atom. The number of ether oxygens (including phenoxy) is 2. The molecule has 0 aliphatic carbocycles. The quantitative estimate of drug-likeness (QED) is 0.354. The van der Waals surface area contributed by atoms with Gasteiger partial charge in [-0.15, -0.1) is 0 Å². The summed E-state index contributed by atoms with van der Waals surface area (Å²) in [5.41, 5.74) is 5.53. The lowest BCUT2D eigenvalue weighted by atomic mass is 10.1. The van der Waals surface area contributed by atoms with Crippen molar-refractivity contribution >= 4 is 17.6 Å². The van der Waals surface area contributed by atoms with Crippen molar-refractivity contribution in [3.63, 3.8) is 0 Å². The minimum Gasteiger partial charge on any atom is -0.504 e. The summed E-state index contributed by atoms with van der Waals surface area (Å²) < 4.78 is 11.9. The number of hydrogen-bond donors (Lipinski definition) is 2. The SMILES string of the molecule is COc1ccc(CCC(=O)OCC(=O)c2c(N)n(Cc3ccccc3)c(=O)n(C)c2=O)cc1O. The van der Waals surface area contributed by atoms with Crippen LogP contribution in [0.1, 0.15) is 27.9 Å². The van der Waals surface area contributed by atoms with Crippen molar-refractivity contribution in [2.75, 3.05) is 19.5 Å². The molecule has 0 atom stereocenters. The fraction of sp³-hybridized carbons (Fsp3) is 0.250. The Balaban J connectivity index is 1.70. The summed E-state index contributed by atoms with van der Waals surface area (Å²) in [6.07, 6.45) is 0.205. The Kier molecular flexibility index (Phi) is 7.52. The van der Waals surface area contributed by atoms with Crippen LogP contribution in [0.25, 0.3) is 0 Å². The Morgan fingerprint density at radius 3 is 2.41 bits per heavy atom. The first-order valence-corrected chi connectivity index (χ1v) is 10.4. The number of aryl methyl sites for hydroxylation is 1. The first-order valence-electron chi connectivity index (χ1n) is 10.4. The number of benzene rings is 2. The predicted molar refractivity (Wildman–Crippen MR) is 124 cm³/mol. The van der Waals surface area contributed by atoms with Gasteiger partial charge < -0.3 is 20.3 Å². The van der Waals surface area contributed by atoms with E-state index in [1.54, 1.807) is 36.4 Å². The van der Waals surface area contributed by atoms with Crippen LogP contribution < -0.4 is 21.7 Å². The molecule has 0 unspecified atom stereocenters. The van der Waals surface area contributed by atoms with E-state index in [1.807, 2.05) is 6.07 Å². The molecule has 0 fully saturated rings. The first kappa shape index (κ1) is 24.3. The smallest absolute Gasteiger partial charge is 0.332 e. The van der Waals surface area contributed by atoms with Crippen LogP contribution >= 0.6 is 0 Å². The largest absolute Gasteiger partial charge is 0.504 e. The minimum atomic E-state index is -0.860. The van der Waals surface area contributed by atoms with Crippen molar-refractivity contribution in [1.82, 2.24) is 9.13 Å². The maximum Gasteiger partial charge on any atom is 0.332 e. The number of ketones is 1. The van der Waals surface area contributed by atoms with Crippen LogP contribution in [0.15, 0.2) is 58.1 Å². The molecule has 0 amide bonds. The van der Waals surface area contributed by atoms with Crippen molar-refractivity contribution in [2.24, 2.45) is 7.05 Å². The zero-order valence-corrected chi connectivity index (χ0v) is 18.8. The molecule has 34 heavy (non-hydrogen) atoms. The van der Waals surface area contributed by atoms with Crippen molar-refractivity contribution in [1.29, 1.82) is 0 Å². The number of hydrogen-bond acceptors (Lipinski definition) is 8.